The molecule has 0 heterocycles. The van der Waals surface area contributed by atoms with Gasteiger partial charge >= 0.3 is 13.3 Å². The van der Waals surface area contributed by atoms with Crippen LogP contribution in [0.4, 0.5) is 4.79 Å². The van der Waals surface area contributed by atoms with Gasteiger partial charge in [-0.3, -0.25) is 0 Å². The second-order valence-electron chi connectivity index (χ2n) is 6.79. The van der Waals surface area contributed by atoms with Gasteiger partial charge in [0.05, 0.1) is 6.61 Å². The molecule has 0 saturated carbocycles. The molecule has 1 unspecified atom stereocenters. The molecule has 0 amide bonds. The van der Waals surface area contributed by atoms with E-state index < -0.39 is 36.0 Å². The summed E-state index contributed by atoms with van der Waals surface area (Å²) in [6.07, 6.45) is -0.429. The van der Waals surface area contributed by atoms with E-state index in [4.69, 9.17) is 22.6 Å². The van der Waals surface area contributed by atoms with E-state index in [0.29, 0.717) is 0 Å². The van der Waals surface area contributed by atoms with Crippen LogP contribution in [0.3, 0.4) is 0 Å². The summed E-state index contributed by atoms with van der Waals surface area (Å²) in [6, 6.07) is 0. The first-order valence-electron chi connectivity index (χ1n) is 7.03. The number of methoxy groups -OCH3 is 2. The summed E-state index contributed by atoms with van der Waals surface area (Å²) in [6.45, 7) is 11.2. The molecule has 10 heteroatoms. The molecule has 0 aliphatic carbocycles. The molecule has 0 bridgehead atoms. The van der Waals surface area contributed by atoms with Gasteiger partial charge in [-0.15, -0.1) is 0 Å². The molecule has 22 heavy (non-hydrogen) atoms. The maximum absolute atomic E-state index is 12.9. The van der Waals surface area contributed by atoms with Crippen LogP contribution in [0.25, 0.3) is 0 Å². The highest BCUT2D eigenvalue weighted by atomic mass is 31.2. The Bertz CT molecular complexity index is 383. The van der Waals surface area contributed by atoms with Crippen molar-refractivity contribution in [2.24, 2.45) is 0 Å². The van der Waals surface area contributed by atoms with Gasteiger partial charge in [0, 0.05) is 14.2 Å². The fraction of sp³-hybridized carbons (Fsp3) is 0.917. The smallest absolute Gasteiger partial charge is 0.419 e. The van der Waals surface area contributed by atoms with E-state index in [1.807, 2.05) is 39.3 Å². The Hall–Kier alpha value is -0.0262. The van der Waals surface area contributed by atoms with Gasteiger partial charge in [-0.1, -0.05) is 0 Å². The van der Waals surface area contributed by atoms with E-state index in [2.05, 4.69) is 0 Å². The molecule has 0 rings (SSSR count). The molecule has 0 saturated heterocycles. The van der Waals surface area contributed by atoms with Gasteiger partial charge < -0.3 is 22.6 Å². The zero-order valence-corrected chi connectivity index (χ0v) is 17.7. The van der Waals surface area contributed by atoms with Crippen molar-refractivity contribution in [3.8, 4) is 0 Å². The lowest BCUT2D eigenvalue weighted by Gasteiger charge is -2.29. The van der Waals surface area contributed by atoms with E-state index in [1.165, 1.54) is 14.2 Å². The van der Waals surface area contributed by atoms with Crippen LogP contribution in [0.5, 0.6) is 0 Å². The molecule has 132 valence electrons. The molecule has 0 aromatic heterocycles. The zero-order chi connectivity index (χ0) is 17.6. The summed E-state index contributed by atoms with van der Waals surface area (Å²) in [7, 11) is -5.49. The molecule has 0 aliphatic rings. The van der Waals surface area contributed by atoms with Crippen LogP contribution in [-0.4, -0.2) is 55.9 Å². The molecule has 0 aromatic rings. The summed E-state index contributed by atoms with van der Waals surface area (Å²) in [5.41, 5.74) is -0.962. The minimum Gasteiger partial charge on any atom is -0.454 e. The van der Waals surface area contributed by atoms with Gasteiger partial charge in [0.1, 0.15) is 12.7 Å². The molecule has 0 radical (unpaired) electrons. The maximum atomic E-state index is 12.9. The summed E-state index contributed by atoms with van der Waals surface area (Å²) in [4.78, 5) is 12.3. The Kier molecular flexibility index (Phi) is 8.71. The van der Waals surface area contributed by atoms with E-state index in [0.717, 1.165) is 0 Å². The van der Waals surface area contributed by atoms with Gasteiger partial charge in [-0.2, -0.15) is 0 Å². The van der Waals surface area contributed by atoms with Crippen LogP contribution < -0.4 is 0 Å². The highest BCUT2D eigenvalue weighted by Gasteiger charge is 2.44. The Balaban J connectivity index is 5.02. The molecule has 0 aromatic carbocycles. The number of ether oxygens (including phenoxy) is 3. The van der Waals surface area contributed by atoms with Crippen molar-refractivity contribution < 1.29 is 32.0 Å². The number of carbonyl (C=O) groups is 1. The van der Waals surface area contributed by atoms with Crippen molar-refractivity contribution in [2.75, 3.05) is 27.4 Å². The van der Waals surface area contributed by atoms with Crippen LogP contribution in [0.1, 0.15) is 0 Å². The van der Waals surface area contributed by atoms with Crippen molar-refractivity contribution >= 4 is 29.9 Å². The molecule has 1 atom stereocenters. The van der Waals surface area contributed by atoms with Gasteiger partial charge in [-0.25, -0.2) is 9.36 Å². The Morgan fingerprint density at radius 3 is 1.73 bits per heavy atom. The monoisotopic (exact) mass is 372 g/mol. The minimum absolute atomic E-state index is 0.0721. The van der Waals surface area contributed by atoms with Crippen molar-refractivity contribution in [1.82, 2.24) is 0 Å². The highest BCUT2D eigenvalue weighted by molar-refractivity contribution is 7.73. The fourth-order valence-corrected chi connectivity index (χ4v) is 8.51. The predicted molar refractivity (Wildman–Crippen MR) is 90.5 cm³/mol. The highest BCUT2D eigenvalue weighted by Crippen LogP contribution is 2.54. The standard InChI is InChI=1S/C12H29O7PSi2/c1-15-9-11(16-2)10-17-12(13)20(14,18-21(3,4)5)19-22(6,7)8/h11H,9-10H2,1-8H3. The number of hydrogen-bond acceptors (Lipinski definition) is 7. The molecule has 0 fully saturated rings. The van der Waals surface area contributed by atoms with Crippen molar-refractivity contribution in [3.05, 3.63) is 0 Å². The quantitative estimate of drug-likeness (QED) is 0.427. The topological polar surface area (TPSA) is 80.3 Å². The first-order valence-corrected chi connectivity index (χ1v) is 15.4. The first-order chi connectivity index (χ1) is 9.83. The van der Waals surface area contributed by atoms with Crippen molar-refractivity contribution in [2.45, 2.75) is 45.4 Å². The minimum atomic E-state index is -3.97. The van der Waals surface area contributed by atoms with Crippen LogP contribution in [-0.2, 0) is 27.2 Å². The Morgan fingerprint density at radius 1 is 0.955 bits per heavy atom. The molecule has 0 spiro atoms. The van der Waals surface area contributed by atoms with E-state index in [9.17, 15) is 9.36 Å². The average molecular weight is 373 g/mol. The summed E-state index contributed by atoms with van der Waals surface area (Å²) < 4.78 is 39.1. The summed E-state index contributed by atoms with van der Waals surface area (Å²) in [5.74, 6) is 0. The van der Waals surface area contributed by atoms with Gasteiger partial charge in [0.15, 0.2) is 16.6 Å². The lowest BCUT2D eigenvalue weighted by Crippen LogP contribution is -2.33. The molecular formula is C12H29O7PSi2. The Labute approximate surface area is 135 Å². The lowest BCUT2D eigenvalue weighted by molar-refractivity contribution is -0.00793. The number of rotatable bonds is 10. The molecule has 0 aliphatic heterocycles. The van der Waals surface area contributed by atoms with E-state index in [1.54, 1.807) is 0 Å². The van der Waals surface area contributed by atoms with Gasteiger partial charge in [0.25, 0.3) is 0 Å². The third-order valence-corrected chi connectivity index (χ3v) is 8.97. The SMILES string of the molecule is COCC(COC(=O)P(=O)(O[Si](C)(C)C)O[Si](C)(C)C)OC. The van der Waals surface area contributed by atoms with Crippen LogP contribution in [0.2, 0.25) is 39.3 Å². The third-order valence-electron chi connectivity index (χ3n) is 2.09. The normalized spacial score (nSPS) is 14.7. The van der Waals surface area contributed by atoms with Crippen LogP contribution in [0, 0.1) is 0 Å². The summed E-state index contributed by atoms with van der Waals surface area (Å²) >= 11 is 0. The lowest BCUT2D eigenvalue weighted by atomic mass is 10.4. The Morgan fingerprint density at radius 2 is 1.41 bits per heavy atom. The van der Waals surface area contributed by atoms with Gasteiger partial charge in [-0.05, 0) is 39.3 Å². The molecular weight excluding hydrogens is 343 g/mol. The fourth-order valence-electron chi connectivity index (χ4n) is 1.43. The predicted octanol–water partition coefficient (Wildman–Crippen LogP) is 3.68. The van der Waals surface area contributed by atoms with E-state index in [-0.39, 0.29) is 13.2 Å². The number of carbonyl (C=O) groups excluding carboxylic acids is 1. The molecule has 7 nitrogen and oxygen atoms in total. The van der Waals surface area contributed by atoms with Crippen LogP contribution >= 0.6 is 7.60 Å². The van der Waals surface area contributed by atoms with Crippen LogP contribution in [0.15, 0.2) is 0 Å². The third kappa shape index (κ3) is 9.19. The number of hydrogen-bond donors (Lipinski definition) is 0. The van der Waals surface area contributed by atoms with Gasteiger partial charge in [0.2, 0.25) is 0 Å². The second kappa shape index (κ2) is 8.72. The average Bonchev–Trinajstić information content (AvgIpc) is 2.29. The van der Waals surface area contributed by atoms with Crippen molar-refractivity contribution in [3.63, 3.8) is 0 Å². The molecule has 0 N–H and O–H groups in total. The second-order valence-corrected chi connectivity index (χ2v) is 18.1. The first kappa shape index (κ1) is 22.0. The van der Waals surface area contributed by atoms with E-state index >= 15 is 0 Å². The maximum Gasteiger partial charge on any atom is 0.419 e. The van der Waals surface area contributed by atoms with Crippen molar-refractivity contribution in [1.29, 1.82) is 0 Å². The largest absolute Gasteiger partial charge is 0.454 e. The summed E-state index contributed by atoms with van der Waals surface area (Å²) in [5, 5.41) is 0. The zero-order valence-electron chi connectivity index (χ0n) is 14.8.